The van der Waals surface area contributed by atoms with Crippen LogP contribution >= 0.6 is 0 Å². The summed E-state index contributed by atoms with van der Waals surface area (Å²) in [5, 5.41) is 11.1. The van der Waals surface area contributed by atoms with Crippen molar-refractivity contribution in [1.82, 2.24) is 5.32 Å². The summed E-state index contributed by atoms with van der Waals surface area (Å²) in [5.74, 6) is 4.53. The van der Waals surface area contributed by atoms with Crippen molar-refractivity contribution >= 4 is 5.91 Å². The number of ether oxygens (including phenoxy) is 1. The molecule has 1 aromatic rings. The highest BCUT2D eigenvalue weighted by Crippen LogP contribution is 2.49. The molecule has 0 radical (unpaired) electrons. The minimum Gasteiger partial charge on any atom is -0.497 e. The smallest absolute Gasteiger partial charge is 0.220 e. The van der Waals surface area contributed by atoms with Crippen molar-refractivity contribution < 1.29 is 9.53 Å². The number of terminal acetylenes is 1. The monoisotopic (exact) mass is 325 g/mol. The van der Waals surface area contributed by atoms with Crippen LogP contribution in [0.4, 0.5) is 0 Å². The number of hydrogen-bond donors (Lipinski definition) is 1. The molecule has 0 unspecified atom stereocenters. The van der Waals surface area contributed by atoms with Gasteiger partial charge in [-0.25, -0.2) is 0 Å². The van der Waals surface area contributed by atoms with Crippen molar-refractivity contribution in [3.63, 3.8) is 0 Å². The predicted molar refractivity (Wildman–Crippen MR) is 91.7 cm³/mol. The lowest BCUT2D eigenvalue weighted by molar-refractivity contribution is -0.121. The third-order valence-electron chi connectivity index (χ3n) is 4.81. The number of benzene rings is 1. The number of carbonyl (C=O) groups is 1. The SMILES string of the molecule is C#CCCC1(CCNC(=O)C[C@@H]2C[C@H]2c2ccc(OC)cc2)N=N1. The first-order chi connectivity index (χ1) is 11.7. The maximum absolute atomic E-state index is 12.1. The van der Waals surface area contributed by atoms with Crippen molar-refractivity contribution in [2.24, 2.45) is 16.1 Å². The van der Waals surface area contributed by atoms with Gasteiger partial charge in [0.25, 0.3) is 0 Å². The predicted octanol–water partition coefficient (Wildman–Crippen LogP) is 3.27. The van der Waals surface area contributed by atoms with Gasteiger partial charge in [0, 0.05) is 32.2 Å². The van der Waals surface area contributed by atoms with Crippen LogP contribution in [0.5, 0.6) is 5.75 Å². The highest BCUT2D eigenvalue weighted by Gasteiger charge is 2.40. The molecule has 1 N–H and O–H groups in total. The lowest BCUT2D eigenvalue weighted by Crippen LogP contribution is -2.28. The van der Waals surface area contributed by atoms with Crippen LogP contribution in [0.2, 0.25) is 0 Å². The second kappa shape index (κ2) is 7.04. The van der Waals surface area contributed by atoms with Crippen LogP contribution in [-0.4, -0.2) is 25.2 Å². The molecule has 1 saturated carbocycles. The lowest BCUT2D eigenvalue weighted by atomic mass is 10.0. The summed E-state index contributed by atoms with van der Waals surface area (Å²) in [6.07, 6.45) is 9.13. The van der Waals surface area contributed by atoms with Crippen LogP contribution in [0.1, 0.15) is 43.6 Å². The van der Waals surface area contributed by atoms with Gasteiger partial charge in [-0.05, 0) is 36.0 Å². The van der Waals surface area contributed by atoms with Crippen molar-refractivity contribution in [1.29, 1.82) is 0 Å². The Bertz CT molecular complexity index is 654. The fourth-order valence-corrected chi connectivity index (χ4v) is 3.11. The fourth-order valence-electron chi connectivity index (χ4n) is 3.11. The summed E-state index contributed by atoms with van der Waals surface area (Å²) in [7, 11) is 1.66. The number of methoxy groups -OCH3 is 1. The van der Waals surface area contributed by atoms with E-state index in [4.69, 9.17) is 11.2 Å². The van der Waals surface area contributed by atoms with Crippen LogP contribution in [0, 0.1) is 18.3 Å². The molecule has 3 rings (SSSR count). The third kappa shape index (κ3) is 4.14. The maximum Gasteiger partial charge on any atom is 0.220 e. The molecule has 0 saturated heterocycles. The first-order valence-corrected chi connectivity index (χ1v) is 8.44. The van der Waals surface area contributed by atoms with Crippen molar-refractivity contribution in [3.8, 4) is 18.1 Å². The Morgan fingerprint density at radius 2 is 2.12 bits per heavy atom. The largest absolute Gasteiger partial charge is 0.497 e. The first kappa shape index (κ1) is 16.5. The molecule has 1 aliphatic carbocycles. The molecule has 24 heavy (non-hydrogen) atoms. The van der Waals surface area contributed by atoms with E-state index in [1.165, 1.54) is 5.56 Å². The summed E-state index contributed by atoms with van der Waals surface area (Å²) in [5.41, 5.74) is 0.975. The highest BCUT2D eigenvalue weighted by atomic mass is 16.5. The Balaban J connectivity index is 1.35. The quantitative estimate of drug-likeness (QED) is 0.708. The van der Waals surface area contributed by atoms with E-state index in [2.05, 4.69) is 33.6 Å². The van der Waals surface area contributed by atoms with E-state index in [0.717, 1.165) is 25.0 Å². The Kier molecular flexibility index (Phi) is 4.84. The van der Waals surface area contributed by atoms with E-state index in [1.54, 1.807) is 7.11 Å². The molecule has 1 aromatic carbocycles. The van der Waals surface area contributed by atoms with Gasteiger partial charge in [0.15, 0.2) is 5.66 Å². The molecule has 1 amide bonds. The first-order valence-electron chi connectivity index (χ1n) is 8.44. The topological polar surface area (TPSA) is 63.0 Å². The average Bonchev–Trinajstić information content (AvgIpc) is 3.51. The Hall–Kier alpha value is -2.35. The van der Waals surface area contributed by atoms with Crippen LogP contribution < -0.4 is 10.1 Å². The second-order valence-corrected chi connectivity index (χ2v) is 6.57. The molecular formula is C19H23N3O2. The van der Waals surface area contributed by atoms with Gasteiger partial charge in [-0.2, -0.15) is 10.2 Å². The minimum absolute atomic E-state index is 0.115. The van der Waals surface area contributed by atoms with Gasteiger partial charge < -0.3 is 10.1 Å². The van der Waals surface area contributed by atoms with Gasteiger partial charge in [0.1, 0.15) is 5.75 Å². The van der Waals surface area contributed by atoms with Crippen LogP contribution in [0.3, 0.4) is 0 Å². The maximum atomic E-state index is 12.1. The van der Waals surface area contributed by atoms with E-state index in [-0.39, 0.29) is 11.6 Å². The van der Waals surface area contributed by atoms with Crippen LogP contribution in [0.15, 0.2) is 34.5 Å². The van der Waals surface area contributed by atoms with Crippen LogP contribution in [-0.2, 0) is 4.79 Å². The summed E-state index contributed by atoms with van der Waals surface area (Å²) < 4.78 is 5.17. The molecule has 1 heterocycles. The molecule has 1 fully saturated rings. The standard InChI is InChI=1S/C19H23N3O2/c1-3-4-9-19(21-22-19)10-11-20-18(23)13-15-12-17(15)14-5-7-16(24-2)8-6-14/h1,5-8,15,17H,4,9-13H2,2H3,(H,20,23)/t15-,17-/m0/s1. The Morgan fingerprint density at radius 3 is 2.75 bits per heavy atom. The minimum atomic E-state index is -0.315. The van der Waals surface area contributed by atoms with E-state index in [9.17, 15) is 4.79 Å². The zero-order valence-corrected chi connectivity index (χ0v) is 14.0. The zero-order valence-electron chi connectivity index (χ0n) is 14.0. The number of nitrogens with one attached hydrogen (secondary N) is 1. The van der Waals surface area contributed by atoms with Gasteiger partial charge >= 0.3 is 0 Å². The van der Waals surface area contributed by atoms with Gasteiger partial charge in [0.05, 0.1) is 7.11 Å². The molecular weight excluding hydrogens is 302 g/mol. The molecule has 0 spiro atoms. The number of hydrogen-bond acceptors (Lipinski definition) is 4. The molecule has 126 valence electrons. The fraction of sp³-hybridized carbons (Fsp3) is 0.526. The lowest BCUT2D eigenvalue weighted by Gasteiger charge is -2.10. The summed E-state index contributed by atoms with van der Waals surface area (Å²) in [6, 6.07) is 8.13. The van der Waals surface area contributed by atoms with E-state index in [1.807, 2.05) is 12.1 Å². The molecule has 2 aliphatic rings. The summed E-state index contributed by atoms with van der Waals surface area (Å²) in [4.78, 5) is 12.1. The van der Waals surface area contributed by atoms with Gasteiger partial charge in [-0.3, -0.25) is 4.79 Å². The highest BCUT2D eigenvalue weighted by molar-refractivity contribution is 5.76. The molecule has 5 nitrogen and oxygen atoms in total. The Labute approximate surface area is 142 Å². The Morgan fingerprint density at radius 1 is 1.38 bits per heavy atom. The molecule has 2 atom stereocenters. The van der Waals surface area contributed by atoms with E-state index < -0.39 is 0 Å². The van der Waals surface area contributed by atoms with E-state index >= 15 is 0 Å². The number of amides is 1. The van der Waals surface area contributed by atoms with Crippen molar-refractivity contribution in [2.45, 2.75) is 43.7 Å². The molecule has 0 bridgehead atoms. The van der Waals surface area contributed by atoms with E-state index in [0.29, 0.717) is 31.2 Å². The number of nitrogens with zero attached hydrogens (tertiary/aromatic N) is 2. The van der Waals surface area contributed by atoms with Crippen molar-refractivity contribution in [2.75, 3.05) is 13.7 Å². The molecule has 5 heteroatoms. The van der Waals surface area contributed by atoms with Crippen molar-refractivity contribution in [3.05, 3.63) is 29.8 Å². The van der Waals surface area contributed by atoms with Gasteiger partial charge in [0.2, 0.25) is 5.91 Å². The molecule has 0 aromatic heterocycles. The summed E-state index contributed by atoms with van der Waals surface area (Å²) in [6.45, 7) is 0.607. The van der Waals surface area contributed by atoms with Gasteiger partial charge in [-0.15, -0.1) is 12.3 Å². The average molecular weight is 325 g/mol. The summed E-state index contributed by atoms with van der Waals surface area (Å²) >= 11 is 0. The zero-order chi connectivity index (χ0) is 17.0. The third-order valence-corrected chi connectivity index (χ3v) is 4.81. The number of rotatable bonds is 9. The number of carbonyl (C=O) groups excluding carboxylic acids is 1. The second-order valence-electron chi connectivity index (χ2n) is 6.57. The normalized spacial score (nSPS) is 22.5. The molecule has 1 aliphatic heterocycles. The van der Waals surface area contributed by atoms with Gasteiger partial charge in [-0.1, -0.05) is 12.1 Å². The van der Waals surface area contributed by atoms with Crippen LogP contribution in [0.25, 0.3) is 0 Å².